The van der Waals surface area contributed by atoms with Crippen LogP contribution in [0, 0.1) is 0 Å². The molecule has 0 rings (SSSR count). The van der Waals surface area contributed by atoms with E-state index in [-0.39, 0.29) is 6.61 Å². The van der Waals surface area contributed by atoms with E-state index < -0.39 is 12.7 Å². The number of ether oxygens (including phenoxy) is 1. The van der Waals surface area contributed by atoms with Gasteiger partial charge in [-0.25, -0.2) is 0 Å². The minimum absolute atomic E-state index is 0.151. The van der Waals surface area contributed by atoms with E-state index in [4.69, 9.17) is 0 Å². The highest BCUT2D eigenvalue weighted by molar-refractivity contribution is 4.41. The van der Waals surface area contributed by atoms with E-state index in [2.05, 4.69) is 4.74 Å². The first-order valence-corrected chi connectivity index (χ1v) is 2.22. The molecule has 0 saturated heterocycles. The third kappa shape index (κ3) is 5.78. The smallest absolute Gasteiger partial charge is 0.373 e. The molecule has 49 valence electrons. The van der Waals surface area contributed by atoms with Crippen molar-refractivity contribution < 1.29 is 18.6 Å². The summed E-state index contributed by atoms with van der Waals surface area (Å²) < 4.78 is 26.6. The van der Waals surface area contributed by atoms with Crippen LogP contribution < -0.4 is 0 Å². The summed E-state index contributed by atoms with van der Waals surface area (Å²) in [4.78, 5) is 0. The summed E-state index contributed by atoms with van der Waals surface area (Å²) in [6.45, 7) is 0.674. The van der Waals surface area contributed by atoms with Gasteiger partial charge in [-0.2, -0.15) is 13.9 Å². The lowest BCUT2D eigenvalue weighted by molar-refractivity contribution is -0.267. The largest absolute Gasteiger partial charge is 0.404 e. The van der Waals surface area contributed by atoms with Crippen LogP contribution in [0.4, 0.5) is 8.78 Å². The van der Waals surface area contributed by atoms with E-state index in [9.17, 15) is 13.9 Å². The van der Waals surface area contributed by atoms with Crippen molar-refractivity contribution in [2.75, 3.05) is 13.2 Å². The lowest BCUT2D eigenvalue weighted by Crippen LogP contribution is -2.20. The molecule has 0 aromatic rings. The molecule has 0 aliphatic carbocycles. The average molecular weight is 125 g/mol. The van der Waals surface area contributed by atoms with Crippen molar-refractivity contribution >= 4 is 0 Å². The molecule has 0 heterocycles. The second-order valence-corrected chi connectivity index (χ2v) is 1.27. The van der Waals surface area contributed by atoms with Gasteiger partial charge in [-0.3, -0.25) is 0 Å². The van der Waals surface area contributed by atoms with Crippen LogP contribution in [-0.4, -0.2) is 19.3 Å². The Labute approximate surface area is 46.1 Å². The molecule has 0 aliphatic rings. The molecule has 0 amide bonds. The van der Waals surface area contributed by atoms with Crippen LogP contribution in [0.15, 0.2) is 0 Å². The van der Waals surface area contributed by atoms with Crippen molar-refractivity contribution in [3.8, 4) is 0 Å². The van der Waals surface area contributed by atoms with Crippen molar-refractivity contribution in [2.45, 2.75) is 13.0 Å². The van der Waals surface area contributed by atoms with Gasteiger partial charge in [0.15, 0.2) is 0 Å². The van der Waals surface area contributed by atoms with Crippen LogP contribution in [0.5, 0.6) is 0 Å². The number of halogens is 2. The first-order valence-electron chi connectivity index (χ1n) is 2.22. The first kappa shape index (κ1) is 7.78. The Kier molecular flexibility index (Phi) is 2.86. The first-order chi connectivity index (χ1) is 3.56. The summed E-state index contributed by atoms with van der Waals surface area (Å²) in [5, 5.41) is 9.40. The predicted octanol–water partition coefficient (Wildman–Crippen LogP) is 1.05. The standard InChI is InChI=1S/C4H7F2O2/c1-2-8-3-4(5,6)7/h2-3H2,1H3. The molecule has 0 aromatic heterocycles. The van der Waals surface area contributed by atoms with Gasteiger partial charge in [-0.05, 0) is 6.92 Å². The zero-order chi connectivity index (χ0) is 6.62. The van der Waals surface area contributed by atoms with Gasteiger partial charge >= 0.3 is 6.11 Å². The average Bonchev–Trinajstić information content (AvgIpc) is 1.59. The fourth-order valence-electron chi connectivity index (χ4n) is 0.221. The number of rotatable bonds is 3. The topological polar surface area (TPSA) is 29.1 Å². The summed E-state index contributed by atoms with van der Waals surface area (Å²) in [6, 6.07) is 0. The molecule has 0 aromatic carbocycles. The van der Waals surface area contributed by atoms with Gasteiger partial charge in [0, 0.05) is 6.61 Å². The maximum absolute atomic E-state index is 11.2. The Morgan fingerprint density at radius 1 is 1.62 bits per heavy atom. The van der Waals surface area contributed by atoms with Gasteiger partial charge < -0.3 is 4.74 Å². The van der Waals surface area contributed by atoms with Crippen LogP contribution in [0.3, 0.4) is 0 Å². The molecule has 1 radical (unpaired) electrons. The lowest BCUT2D eigenvalue weighted by Gasteiger charge is -2.03. The second kappa shape index (κ2) is 2.94. The Morgan fingerprint density at radius 2 is 2.12 bits per heavy atom. The molecule has 2 nitrogen and oxygen atoms in total. The third-order valence-electron chi connectivity index (χ3n) is 0.474. The Balaban J connectivity index is 3.11. The molecule has 0 fully saturated rings. The molecular formula is C4H7F2O2. The molecule has 0 unspecified atom stereocenters. The van der Waals surface area contributed by atoms with E-state index in [1.807, 2.05) is 0 Å². The number of alkyl halides is 2. The van der Waals surface area contributed by atoms with Gasteiger partial charge in [-0.15, -0.1) is 0 Å². The fraction of sp³-hybridized carbons (Fsp3) is 1.00. The molecule has 8 heavy (non-hydrogen) atoms. The highest BCUT2D eigenvalue weighted by atomic mass is 19.3. The summed E-state index contributed by atoms with van der Waals surface area (Å²) in [7, 11) is 0. The Bertz CT molecular complexity index is 59.5. The van der Waals surface area contributed by atoms with Crippen molar-refractivity contribution in [2.24, 2.45) is 0 Å². The zero-order valence-corrected chi connectivity index (χ0v) is 4.49. The van der Waals surface area contributed by atoms with E-state index in [1.165, 1.54) is 0 Å². The van der Waals surface area contributed by atoms with Gasteiger partial charge in [0.05, 0.1) is 0 Å². The van der Waals surface area contributed by atoms with Crippen molar-refractivity contribution in [1.82, 2.24) is 0 Å². The van der Waals surface area contributed by atoms with E-state index in [1.54, 1.807) is 6.92 Å². The summed E-state index contributed by atoms with van der Waals surface area (Å²) in [6.07, 6.45) is -3.92. The zero-order valence-electron chi connectivity index (χ0n) is 4.49. The minimum atomic E-state index is -3.92. The van der Waals surface area contributed by atoms with E-state index >= 15 is 0 Å². The van der Waals surface area contributed by atoms with Crippen LogP contribution in [0.1, 0.15) is 6.92 Å². The van der Waals surface area contributed by atoms with Crippen LogP contribution >= 0.6 is 0 Å². The molecule has 0 N–H and O–H groups in total. The molecular weight excluding hydrogens is 118 g/mol. The molecule has 0 aliphatic heterocycles. The maximum atomic E-state index is 11.2. The van der Waals surface area contributed by atoms with E-state index in [0.717, 1.165) is 0 Å². The lowest BCUT2D eigenvalue weighted by atomic mass is 10.7. The molecule has 0 saturated carbocycles. The van der Waals surface area contributed by atoms with Gasteiger partial charge in [0.2, 0.25) is 0 Å². The fourth-order valence-corrected chi connectivity index (χ4v) is 0.221. The highest BCUT2D eigenvalue weighted by Gasteiger charge is 2.26. The maximum Gasteiger partial charge on any atom is 0.404 e. The highest BCUT2D eigenvalue weighted by Crippen LogP contribution is 2.08. The predicted molar refractivity (Wildman–Crippen MR) is 22.1 cm³/mol. The van der Waals surface area contributed by atoms with Crippen molar-refractivity contribution in [3.63, 3.8) is 0 Å². The Morgan fingerprint density at radius 3 is 2.25 bits per heavy atom. The molecule has 0 atom stereocenters. The van der Waals surface area contributed by atoms with Crippen molar-refractivity contribution in [1.29, 1.82) is 0 Å². The quantitative estimate of drug-likeness (QED) is 0.554. The monoisotopic (exact) mass is 125 g/mol. The molecule has 4 heteroatoms. The summed E-state index contributed by atoms with van der Waals surface area (Å²) in [5.41, 5.74) is 0. The minimum Gasteiger partial charge on any atom is -0.373 e. The molecule has 0 spiro atoms. The SMILES string of the molecule is CCOCC([O])(F)F. The summed E-state index contributed by atoms with van der Waals surface area (Å²) >= 11 is 0. The van der Waals surface area contributed by atoms with Crippen LogP contribution in [-0.2, 0) is 9.84 Å². The Hall–Kier alpha value is -0.220. The second-order valence-electron chi connectivity index (χ2n) is 1.27. The van der Waals surface area contributed by atoms with Gasteiger partial charge in [0.1, 0.15) is 6.61 Å². The van der Waals surface area contributed by atoms with Crippen LogP contribution in [0.2, 0.25) is 0 Å². The normalized spacial score (nSPS) is 12.0. The van der Waals surface area contributed by atoms with Crippen molar-refractivity contribution in [3.05, 3.63) is 0 Å². The number of hydrogen-bond acceptors (Lipinski definition) is 1. The number of hydrogen-bond donors (Lipinski definition) is 0. The molecule has 0 bridgehead atoms. The van der Waals surface area contributed by atoms with Crippen LogP contribution in [0.25, 0.3) is 0 Å². The van der Waals surface area contributed by atoms with E-state index in [0.29, 0.717) is 0 Å². The van der Waals surface area contributed by atoms with Gasteiger partial charge in [0.25, 0.3) is 0 Å². The third-order valence-corrected chi connectivity index (χ3v) is 0.474. The summed E-state index contributed by atoms with van der Waals surface area (Å²) in [5.74, 6) is 0. The van der Waals surface area contributed by atoms with Gasteiger partial charge in [-0.1, -0.05) is 0 Å².